The minimum absolute atomic E-state index is 0.0968. The number of amides is 1. The van der Waals surface area contributed by atoms with Gasteiger partial charge in [0.15, 0.2) is 0 Å². The predicted molar refractivity (Wildman–Crippen MR) is 136 cm³/mol. The average Bonchev–Trinajstić information content (AvgIpc) is 3.30. The third-order valence-electron chi connectivity index (χ3n) is 6.18. The first-order valence-electron chi connectivity index (χ1n) is 11.8. The Morgan fingerprint density at radius 1 is 1.10 bits per heavy atom. The summed E-state index contributed by atoms with van der Waals surface area (Å²) in [5, 5.41) is 0. The molecule has 1 aliphatic rings. The molecule has 208 valence electrons. The molecule has 7 nitrogen and oxygen atoms in total. The van der Waals surface area contributed by atoms with Crippen LogP contribution >= 0.6 is 11.8 Å². The molecule has 0 spiro atoms. The van der Waals surface area contributed by atoms with Crippen molar-refractivity contribution in [2.45, 2.75) is 49.5 Å². The zero-order chi connectivity index (χ0) is 28.3. The molecule has 1 amide bonds. The van der Waals surface area contributed by atoms with Crippen LogP contribution < -0.4 is 0 Å². The van der Waals surface area contributed by atoms with Crippen LogP contribution in [0.3, 0.4) is 0 Å². The molecule has 14 heteroatoms. The van der Waals surface area contributed by atoms with Gasteiger partial charge in [-0.3, -0.25) is 9.78 Å². The van der Waals surface area contributed by atoms with Crippen LogP contribution in [0.5, 0.6) is 0 Å². The first-order valence-corrected chi connectivity index (χ1v) is 14.3. The Balaban J connectivity index is 1.58. The fourth-order valence-corrected chi connectivity index (χ4v) is 6.27. The maximum atomic E-state index is 14.8. The zero-order valence-electron chi connectivity index (χ0n) is 20.9. The van der Waals surface area contributed by atoms with E-state index in [1.165, 1.54) is 47.0 Å². The summed E-state index contributed by atoms with van der Waals surface area (Å²) in [6.07, 6.45) is 0.950. The predicted octanol–water partition coefficient (Wildman–Crippen LogP) is 5.06. The number of benzene rings is 1. The minimum atomic E-state index is -4.70. The number of rotatable bonds is 8. The standard InChI is InChI=1S/C25H24F5N5O2S2/c1-15-3-8-22(35(15)39(37)19-6-4-18(26)5-7-19)23(36)34(14-38-2)13-16-9-21(31-12-20(16)27)17-10-32-24(33-11-17)25(28,29)30/h4-7,9-12,15,22H,3,8,13-14H2,1-2H3. The number of thioether (sulfide) groups is 1. The van der Waals surface area contributed by atoms with E-state index < -0.39 is 40.7 Å². The van der Waals surface area contributed by atoms with Gasteiger partial charge in [0.2, 0.25) is 11.7 Å². The first kappa shape index (κ1) is 29.0. The van der Waals surface area contributed by atoms with Crippen LogP contribution in [0.25, 0.3) is 11.3 Å². The number of alkyl halides is 3. The van der Waals surface area contributed by atoms with Crippen molar-refractivity contribution in [1.82, 2.24) is 24.2 Å². The maximum Gasteiger partial charge on any atom is 0.451 e. The number of hydrogen-bond acceptors (Lipinski definition) is 6. The molecular formula is C25H24F5N5O2S2. The van der Waals surface area contributed by atoms with Gasteiger partial charge in [0, 0.05) is 36.1 Å². The number of carbonyl (C=O) groups excluding carboxylic acids is 1. The van der Waals surface area contributed by atoms with Crippen molar-refractivity contribution in [2.24, 2.45) is 0 Å². The Labute approximate surface area is 228 Å². The van der Waals surface area contributed by atoms with Crippen molar-refractivity contribution < 1.29 is 31.0 Å². The minimum Gasteiger partial charge on any atom is -0.328 e. The highest BCUT2D eigenvalue weighted by Crippen LogP contribution is 2.31. The van der Waals surface area contributed by atoms with E-state index >= 15 is 0 Å². The van der Waals surface area contributed by atoms with Crippen LogP contribution in [0.4, 0.5) is 22.0 Å². The summed E-state index contributed by atoms with van der Waals surface area (Å²) in [5.74, 6) is -2.61. The summed E-state index contributed by atoms with van der Waals surface area (Å²) in [7, 11) is -1.72. The van der Waals surface area contributed by atoms with E-state index in [0.717, 1.165) is 18.6 Å². The van der Waals surface area contributed by atoms with E-state index in [0.29, 0.717) is 17.7 Å². The molecule has 1 aromatic carbocycles. The monoisotopic (exact) mass is 585 g/mol. The fraction of sp³-hybridized carbons (Fsp3) is 0.360. The lowest BCUT2D eigenvalue weighted by Crippen LogP contribution is -2.47. The molecule has 1 fully saturated rings. The van der Waals surface area contributed by atoms with E-state index in [1.54, 1.807) is 10.6 Å². The molecule has 39 heavy (non-hydrogen) atoms. The van der Waals surface area contributed by atoms with E-state index in [9.17, 15) is 31.0 Å². The van der Waals surface area contributed by atoms with Gasteiger partial charge in [-0.25, -0.2) is 27.3 Å². The van der Waals surface area contributed by atoms with Crippen LogP contribution in [-0.4, -0.2) is 58.5 Å². The second-order valence-electron chi connectivity index (χ2n) is 8.91. The van der Waals surface area contributed by atoms with Gasteiger partial charge in [-0.15, -0.1) is 11.8 Å². The number of halogens is 5. The molecule has 0 bridgehead atoms. The number of nitrogens with zero attached hydrogens (tertiary/aromatic N) is 5. The normalized spacial score (nSPS) is 18.7. The van der Waals surface area contributed by atoms with Crippen LogP contribution in [0.2, 0.25) is 0 Å². The molecule has 4 rings (SSSR count). The van der Waals surface area contributed by atoms with E-state index in [4.69, 9.17) is 0 Å². The molecule has 0 aliphatic carbocycles. The second kappa shape index (κ2) is 12.0. The second-order valence-corrected chi connectivity index (χ2v) is 11.1. The molecule has 2 aromatic heterocycles. The van der Waals surface area contributed by atoms with Crippen LogP contribution in [0, 0.1) is 11.6 Å². The third-order valence-corrected chi connectivity index (χ3v) is 8.43. The largest absolute Gasteiger partial charge is 0.451 e. The van der Waals surface area contributed by atoms with E-state index in [-0.39, 0.29) is 41.2 Å². The van der Waals surface area contributed by atoms with Crippen molar-refractivity contribution in [3.63, 3.8) is 0 Å². The lowest BCUT2D eigenvalue weighted by atomic mass is 10.1. The number of aromatic nitrogens is 3. The highest BCUT2D eigenvalue weighted by atomic mass is 32.2. The summed E-state index contributed by atoms with van der Waals surface area (Å²) in [4.78, 5) is 26.1. The Kier molecular flexibility index (Phi) is 8.96. The summed E-state index contributed by atoms with van der Waals surface area (Å²) in [6, 6.07) is 5.64. The molecule has 3 atom stereocenters. The number of carbonyl (C=O) groups is 1. The molecule has 3 heterocycles. The highest BCUT2D eigenvalue weighted by Gasteiger charge is 2.41. The molecular weight excluding hydrogens is 561 g/mol. The summed E-state index contributed by atoms with van der Waals surface area (Å²) < 4.78 is 81.5. The van der Waals surface area contributed by atoms with Gasteiger partial charge in [-0.2, -0.15) is 13.2 Å². The Bertz CT molecular complexity index is 1340. The summed E-state index contributed by atoms with van der Waals surface area (Å²) >= 11 is 1.34. The lowest BCUT2D eigenvalue weighted by molar-refractivity contribution is -0.145. The van der Waals surface area contributed by atoms with Crippen molar-refractivity contribution in [1.29, 1.82) is 0 Å². The van der Waals surface area contributed by atoms with Gasteiger partial charge >= 0.3 is 6.18 Å². The zero-order valence-corrected chi connectivity index (χ0v) is 22.5. The van der Waals surface area contributed by atoms with Gasteiger partial charge in [-0.05, 0) is 56.4 Å². The molecule has 3 unspecified atom stereocenters. The van der Waals surface area contributed by atoms with Gasteiger partial charge in [0.1, 0.15) is 28.7 Å². The molecule has 1 saturated heterocycles. The van der Waals surface area contributed by atoms with E-state index in [2.05, 4.69) is 15.0 Å². The van der Waals surface area contributed by atoms with Crippen molar-refractivity contribution in [3.8, 4) is 11.3 Å². The topological polar surface area (TPSA) is 79.3 Å². The smallest absolute Gasteiger partial charge is 0.328 e. The highest BCUT2D eigenvalue weighted by molar-refractivity contribution is 7.98. The molecule has 0 radical (unpaired) electrons. The summed E-state index contributed by atoms with van der Waals surface area (Å²) in [6.45, 7) is 1.71. The number of hydrogen-bond donors (Lipinski definition) is 0. The van der Waals surface area contributed by atoms with Gasteiger partial charge in [0.25, 0.3) is 0 Å². The molecule has 1 aliphatic heterocycles. The average molecular weight is 586 g/mol. The van der Waals surface area contributed by atoms with E-state index in [1.807, 2.05) is 6.92 Å². The fourth-order valence-electron chi connectivity index (χ4n) is 4.27. The van der Waals surface area contributed by atoms with Crippen LogP contribution in [0.1, 0.15) is 31.2 Å². The Hall–Kier alpha value is -2.97. The molecule has 0 saturated carbocycles. The van der Waals surface area contributed by atoms with Gasteiger partial charge in [-0.1, -0.05) is 0 Å². The lowest BCUT2D eigenvalue weighted by Gasteiger charge is -2.31. The Morgan fingerprint density at radius 2 is 1.77 bits per heavy atom. The maximum absolute atomic E-state index is 14.8. The van der Waals surface area contributed by atoms with Crippen LogP contribution in [-0.2, 0) is 28.5 Å². The number of pyridine rings is 1. The Morgan fingerprint density at radius 3 is 2.38 bits per heavy atom. The SMILES string of the molecule is CSCN(Cc1cc(-c2cnc(C(F)(F)F)nc2)ncc1F)C(=O)C1CCC(C)N1S(=O)c1ccc(F)cc1. The first-order chi connectivity index (χ1) is 18.5. The van der Waals surface area contributed by atoms with Gasteiger partial charge in [0.05, 0.1) is 22.7 Å². The molecule has 0 N–H and O–H groups in total. The van der Waals surface area contributed by atoms with Crippen molar-refractivity contribution in [3.05, 3.63) is 71.9 Å². The molecule has 3 aromatic rings. The van der Waals surface area contributed by atoms with Gasteiger partial charge < -0.3 is 4.90 Å². The van der Waals surface area contributed by atoms with Crippen LogP contribution in [0.15, 0.2) is 53.8 Å². The summed E-state index contributed by atoms with van der Waals surface area (Å²) in [5.41, 5.74) is 0.391. The van der Waals surface area contributed by atoms with Crippen molar-refractivity contribution in [2.75, 3.05) is 12.1 Å². The quantitative estimate of drug-likeness (QED) is 0.272. The van der Waals surface area contributed by atoms with Crippen molar-refractivity contribution >= 4 is 28.7 Å². The third kappa shape index (κ3) is 6.61.